The van der Waals surface area contributed by atoms with Crippen LogP contribution in [0.1, 0.15) is 67.9 Å². The summed E-state index contributed by atoms with van der Waals surface area (Å²) in [7, 11) is 1.49. The van der Waals surface area contributed by atoms with E-state index >= 15 is 0 Å². The fraction of sp³-hybridized carbons (Fsp3) is 0.417. The number of rotatable bonds is 9. The zero-order valence-corrected chi connectivity index (χ0v) is 20.5. The van der Waals surface area contributed by atoms with Crippen LogP contribution in [0.5, 0.6) is 11.5 Å². The predicted octanol–water partition coefficient (Wildman–Crippen LogP) is 5.90. The second-order valence-electron chi connectivity index (χ2n) is 7.67. The van der Waals surface area contributed by atoms with Crippen molar-refractivity contribution in [1.82, 2.24) is 0 Å². The number of carbonyl (C=O) groups is 2. The Balaban J connectivity index is 2.14. The van der Waals surface area contributed by atoms with Gasteiger partial charge >= 0.3 is 5.97 Å². The van der Waals surface area contributed by atoms with Crippen LogP contribution in [-0.2, 0) is 9.53 Å². The first-order valence-electron chi connectivity index (χ1n) is 10.3. The van der Waals surface area contributed by atoms with Gasteiger partial charge in [-0.2, -0.15) is 0 Å². The minimum Gasteiger partial charge on any atom is -0.493 e. The van der Waals surface area contributed by atoms with E-state index < -0.39 is 12.6 Å². The molecule has 6 nitrogen and oxygen atoms in total. The fourth-order valence-corrected chi connectivity index (χ4v) is 3.76. The molecular formula is C24H30BrNO5. The molecule has 168 valence electrons. The number of benzene rings is 2. The lowest BCUT2D eigenvalue weighted by Crippen LogP contribution is -2.22. The number of nitrogens with one attached hydrogen (secondary N) is 1. The summed E-state index contributed by atoms with van der Waals surface area (Å²) >= 11 is 3.38. The number of carbonyl (C=O) groups excluding carboxylic acids is 2. The minimum atomic E-state index is -0.626. The molecule has 0 aliphatic heterocycles. The number of hydrogen-bond donors (Lipinski definition) is 1. The molecule has 0 unspecified atom stereocenters. The summed E-state index contributed by atoms with van der Waals surface area (Å²) < 4.78 is 16.7. The van der Waals surface area contributed by atoms with Crippen LogP contribution in [0.15, 0.2) is 34.8 Å². The molecule has 7 heteroatoms. The maximum Gasteiger partial charge on any atom is 0.338 e. The van der Waals surface area contributed by atoms with Crippen LogP contribution < -0.4 is 14.8 Å². The Bertz CT molecular complexity index is 914. The van der Waals surface area contributed by atoms with Gasteiger partial charge in [-0.25, -0.2) is 4.79 Å². The quantitative estimate of drug-likeness (QED) is 0.442. The number of ether oxygens (including phenoxy) is 3. The van der Waals surface area contributed by atoms with Crippen molar-refractivity contribution in [3.8, 4) is 11.5 Å². The van der Waals surface area contributed by atoms with Crippen molar-refractivity contribution < 1.29 is 23.8 Å². The molecule has 0 spiro atoms. The monoisotopic (exact) mass is 491 g/mol. The third kappa shape index (κ3) is 6.23. The summed E-state index contributed by atoms with van der Waals surface area (Å²) in [5.41, 5.74) is 3.14. The second kappa shape index (κ2) is 11.2. The van der Waals surface area contributed by atoms with E-state index in [0.29, 0.717) is 22.6 Å². The molecule has 0 bridgehead atoms. The average molecular weight is 492 g/mol. The first kappa shape index (κ1) is 24.7. The molecule has 0 heterocycles. The first-order chi connectivity index (χ1) is 14.7. The smallest absolute Gasteiger partial charge is 0.338 e. The number of amides is 1. The van der Waals surface area contributed by atoms with Gasteiger partial charge in [0.15, 0.2) is 18.1 Å². The Morgan fingerprint density at radius 3 is 2.19 bits per heavy atom. The van der Waals surface area contributed by atoms with Crippen LogP contribution in [-0.4, -0.2) is 32.2 Å². The molecule has 0 fully saturated rings. The number of esters is 1. The zero-order valence-electron chi connectivity index (χ0n) is 18.9. The molecule has 31 heavy (non-hydrogen) atoms. The van der Waals surface area contributed by atoms with E-state index in [9.17, 15) is 9.59 Å². The highest BCUT2D eigenvalue weighted by Crippen LogP contribution is 2.37. The van der Waals surface area contributed by atoms with E-state index in [-0.39, 0.29) is 23.3 Å². The molecule has 0 aromatic heterocycles. The molecule has 1 N–H and O–H groups in total. The highest BCUT2D eigenvalue weighted by Gasteiger charge is 2.19. The van der Waals surface area contributed by atoms with Crippen LogP contribution in [0, 0.1) is 0 Å². The van der Waals surface area contributed by atoms with Crippen molar-refractivity contribution >= 4 is 33.5 Å². The predicted molar refractivity (Wildman–Crippen MR) is 125 cm³/mol. The van der Waals surface area contributed by atoms with Crippen LogP contribution >= 0.6 is 15.9 Å². The summed E-state index contributed by atoms with van der Waals surface area (Å²) in [5.74, 6) is 0.375. The molecule has 0 radical (unpaired) electrons. The van der Waals surface area contributed by atoms with Crippen molar-refractivity contribution in [2.24, 2.45) is 0 Å². The summed E-state index contributed by atoms with van der Waals surface area (Å²) in [6.07, 6.45) is 0. The van der Waals surface area contributed by atoms with Crippen LogP contribution in [0.4, 0.5) is 5.69 Å². The molecule has 1 amide bonds. The van der Waals surface area contributed by atoms with E-state index in [2.05, 4.69) is 48.9 Å². The normalized spacial score (nSPS) is 10.9. The fourth-order valence-electron chi connectivity index (χ4n) is 3.21. The van der Waals surface area contributed by atoms with Crippen molar-refractivity contribution in [3.63, 3.8) is 0 Å². The molecule has 0 saturated heterocycles. The lowest BCUT2D eigenvalue weighted by molar-refractivity contribution is -0.119. The minimum absolute atomic E-state index is 0.241. The number of anilines is 1. The SMILES string of the molecule is CCOc1c(Br)cc(C(=O)OCC(=O)Nc2c(C(C)C)cccc2C(C)C)cc1OC. The van der Waals surface area contributed by atoms with Gasteiger partial charge in [0.05, 0.1) is 23.8 Å². The van der Waals surface area contributed by atoms with Gasteiger partial charge in [-0.3, -0.25) is 4.79 Å². The third-order valence-corrected chi connectivity index (χ3v) is 5.31. The van der Waals surface area contributed by atoms with Crippen molar-refractivity contribution in [3.05, 3.63) is 51.5 Å². The molecule has 0 saturated carbocycles. The maximum atomic E-state index is 12.6. The lowest BCUT2D eigenvalue weighted by atomic mass is 9.92. The van der Waals surface area contributed by atoms with Gasteiger partial charge in [0.2, 0.25) is 0 Å². The molecular weight excluding hydrogens is 462 g/mol. The average Bonchev–Trinajstić information content (AvgIpc) is 2.73. The summed E-state index contributed by atoms with van der Waals surface area (Å²) in [4.78, 5) is 25.1. The number of hydrogen-bond acceptors (Lipinski definition) is 5. The highest BCUT2D eigenvalue weighted by atomic mass is 79.9. The van der Waals surface area contributed by atoms with E-state index in [1.165, 1.54) is 13.2 Å². The zero-order chi connectivity index (χ0) is 23.1. The summed E-state index contributed by atoms with van der Waals surface area (Å²) in [6.45, 7) is 10.2. The maximum absolute atomic E-state index is 12.6. The Morgan fingerprint density at radius 1 is 1.06 bits per heavy atom. The largest absolute Gasteiger partial charge is 0.493 e. The number of halogens is 1. The molecule has 2 aromatic carbocycles. The first-order valence-corrected chi connectivity index (χ1v) is 11.1. The van der Waals surface area contributed by atoms with Gasteiger partial charge in [-0.1, -0.05) is 45.9 Å². The van der Waals surface area contributed by atoms with Gasteiger partial charge in [0, 0.05) is 5.69 Å². The Labute approximate surface area is 192 Å². The summed E-state index contributed by atoms with van der Waals surface area (Å²) in [5, 5.41) is 2.94. The van der Waals surface area contributed by atoms with E-state index in [0.717, 1.165) is 16.8 Å². The van der Waals surface area contributed by atoms with Gasteiger partial charge in [-0.15, -0.1) is 0 Å². The van der Waals surface area contributed by atoms with Gasteiger partial charge < -0.3 is 19.5 Å². The molecule has 0 atom stereocenters. The van der Waals surface area contributed by atoms with Gasteiger partial charge in [0.25, 0.3) is 5.91 Å². The topological polar surface area (TPSA) is 73.9 Å². The molecule has 0 aliphatic rings. The van der Waals surface area contributed by atoms with Crippen LogP contribution in [0.25, 0.3) is 0 Å². The molecule has 2 aromatic rings. The standard InChI is InChI=1S/C24H30BrNO5/c1-7-30-23-19(25)11-16(12-20(23)29-6)24(28)31-13-21(27)26-22-17(14(2)3)9-8-10-18(22)15(4)5/h8-12,14-15H,7,13H2,1-6H3,(H,26,27). The van der Waals surface area contributed by atoms with Crippen LogP contribution in [0.3, 0.4) is 0 Å². The van der Waals surface area contributed by atoms with Crippen molar-refractivity contribution in [1.29, 1.82) is 0 Å². The van der Waals surface area contributed by atoms with Gasteiger partial charge in [0.1, 0.15) is 0 Å². The lowest BCUT2D eigenvalue weighted by Gasteiger charge is -2.20. The van der Waals surface area contributed by atoms with E-state index in [4.69, 9.17) is 14.2 Å². The van der Waals surface area contributed by atoms with Gasteiger partial charge in [-0.05, 0) is 57.9 Å². The van der Waals surface area contributed by atoms with E-state index in [1.807, 2.05) is 25.1 Å². The van der Waals surface area contributed by atoms with E-state index in [1.54, 1.807) is 6.07 Å². The Hall–Kier alpha value is -2.54. The number of para-hydroxylation sites is 1. The van der Waals surface area contributed by atoms with Crippen molar-refractivity contribution in [2.45, 2.75) is 46.5 Å². The number of methoxy groups -OCH3 is 1. The highest BCUT2D eigenvalue weighted by molar-refractivity contribution is 9.10. The van der Waals surface area contributed by atoms with Crippen molar-refractivity contribution in [2.75, 3.05) is 25.6 Å². The molecule has 2 rings (SSSR count). The Morgan fingerprint density at radius 2 is 1.68 bits per heavy atom. The third-order valence-electron chi connectivity index (χ3n) is 4.73. The summed E-state index contributed by atoms with van der Waals surface area (Å²) in [6, 6.07) is 9.11. The molecule has 0 aliphatic carbocycles. The second-order valence-corrected chi connectivity index (χ2v) is 8.52. The Kier molecular flexibility index (Phi) is 8.92. The van der Waals surface area contributed by atoms with Crippen LogP contribution in [0.2, 0.25) is 0 Å².